The Balaban J connectivity index is 1.55. The zero-order valence-corrected chi connectivity index (χ0v) is 14.0. The molecular formula is C16H20BrN5. The van der Waals surface area contributed by atoms with E-state index in [0.717, 1.165) is 28.2 Å². The van der Waals surface area contributed by atoms with Crippen molar-refractivity contribution >= 4 is 21.9 Å². The van der Waals surface area contributed by atoms with Crippen LogP contribution in [0.1, 0.15) is 24.8 Å². The van der Waals surface area contributed by atoms with Crippen LogP contribution in [0.4, 0.5) is 0 Å². The second-order valence-electron chi connectivity index (χ2n) is 5.65. The van der Waals surface area contributed by atoms with Crippen molar-refractivity contribution in [2.45, 2.75) is 25.8 Å². The van der Waals surface area contributed by atoms with Crippen molar-refractivity contribution in [3.8, 4) is 5.69 Å². The Bertz CT molecular complexity index is 643. The number of hydrogen-bond donors (Lipinski definition) is 2. The molecule has 0 atom stereocenters. The van der Waals surface area contributed by atoms with E-state index in [1.165, 1.54) is 19.3 Å². The van der Waals surface area contributed by atoms with Crippen molar-refractivity contribution < 1.29 is 0 Å². The molecule has 6 heteroatoms. The summed E-state index contributed by atoms with van der Waals surface area (Å²) >= 11 is 3.43. The second-order valence-corrected chi connectivity index (χ2v) is 6.56. The number of nitrogens with two attached hydrogens (primary N) is 1. The van der Waals surface area contributed by atoms with Crippen LogP contribution in [0.25, 0.3) is 5.69 Å². The van der Waals surface area contributed by atoms with E-state index >= 15 is 0 Å². The standard InChI is InChI=1S/C16H20BrN5/c17-14-4-6-15(7-5-14)22-11-13(10-21-22)9-20-16(18)19-8-12-2-1-3-12/h4-7,10-12H,1-3,8-9H2,(H3,18,19,20). The van der Waals surface area contributed by atoms with E-state index in [0.29, 0.717) is 12.5 Å². The molecule has 1 heterocycles. The molecule has 5 nitrogen and oxygen atoms in total. The summed E-state index contributed by atoms with van der Waals surface area (Å²) in [5, 5.41) is 7.56. The lowest BCUT2D eigenvalue weighted by Crippen LogP contribution is -2.37. The van der Waals surface area contributed by atoms with Crippen molar-refractivity contribution in [1.29, 1.82) is 0 Å². The van der Waals surface area contributed by atoms with Gasteiger partial charge in [-0.1, -0.05) is 22.4 Å². The van der Waals surface area contributed by atoms with Crippen LogP contribution in [-0.4, -0.2) is 22.3 Å². The van der Waals surface area contributed by atoms with Crippen molar-refractivity contribution in [3.63, 3.8) is 0 Å². The van der Waals surface area contributed by atoms with Gasteiger partial charge in [-0.25, -0.2) is 9.67 Å². The zero-order chi connectivity index (χ0) is 15.4. The molecule has 0 unspecified atom stereocenters. The Morgan fingerprint density at radius 1 is 1.36 bits per heavy atom. The molecule has 0 amide bonds. The Hall–Kier alpha value is -1.82. The molecule has 0 spiro atoms. The van der Waals surface area contributed by atoms with Crippen LogP contribution in [0.2, 0.25) is 0 Å². The number of benzene rings is 1. The zero-order valence-electron chi connectivity index (χ0n) is 12.4. The summed E-state index contributed by atoms with van der Waals surface area (Å²) < 4.78 is 2.90. The molecule has 0 radical (unpaired) electrons. The van der Waals surface area contributed by atoms with Crippen LogP contribution in [-0.2, 0) is 6.54 Å². The first-order valence-corrected chi connectivity index (χ1v) is 8.33. The van der Waals surface area contributed by atoms with Crippen LogP contribution < -0.4 is 11.1 Å². The van der Waals surface area contributed by atoms with E-state index in [1.807, 2.05) is 41.3 Å². The highest BCUT2D eigenvalue weighted by Gasteiger charge is 2.16. The number of guanidine groups is 1. The number of rotatable bonds is 5. The third kappa shape index (κ3) is 3.88. The highest BCUT2D eigenvalue weighted by atomic mass is 79.9. The Morgan fingerprint density at radius 2 is 2.14 bits per heavy atom. The predicted molar refractivity (Wildman–Crippen MR) is 91.9 cm³/mol. The summed E-state index contributed by atoms with van der Waals surface area (Å²) in [6.07, 6.45) is 7.76. The minimum absolute atomic E-state index is 0.517. The van der Waals surface area contributed by atoms with E-state index in [4.69, 9.17) is 5.73 Å². The molecule has 22 heavy (non-hydrogen) atoms. The molecular weight excluding hydrogens is 342 g/mol. The number of hydrogen-bond acceptors (Lipinski definition) is 2. The number of nitrogens with one attached hydrogen (secondary N) is 1. The first-order chi connectivity index (χ1) is 10.7. The van der Waals surface area contributed by atoms with Gasteiger partial charge in [-0.05, 0) is 43.0 Å². The fourth-order valence-electron chi connectivity index (χ4n) is 2.35. The summed E-state index contributed by atoms with van der Waals surface area (Å²) in [4.78, 5) is 4.37. The Morgan fingerprint density at radius 3 is 2.82 bits per heavy atom. The Labute approximate surface area is 138 Å². The van der Waals surface area contributed by atoms with E-state index in [2.05, 4.69) is 31.3 Å². The second kappa shape index (κ2) is 6.96. The highest BCUT2D eigenvalue weighted by Crippen LogP contribution is 2.25. The van der Waals surface area contributed by atoms with Gasteiger partial charge in [-0.2, -0.15) is 5.10 Å². The van der Waals surface area contributed by atoms with E-state index in [-0.39, 0.29) is 0 Å². The SMILES string of the molecule is NC(=NCc1cnn(-c2ccc(Br)cc2)c1)NCC1CCC1. The van der Waals surface area contributed by atoms with Gasteiger partial charge >= 0.3 is 0 Å². The van der Waals surface area contributed by atoms with Crippen LogP contribution in [0.3, 0.4) is 0 Å². The van der Waals surface area contributed by atoms with Gasteiger partial charge < -0.3 is 11.1 Å². The van der Waals surface area contributed by atoms with Crippen LogP contribution >= 0.6 is 15.9 Å². The summed E-state index contributed by atoms with van der Waals surface area (Å²) in [6.45, 7) is 1.48. The maximum absolute atomic E-state index is 5.89. The maximum Gasteiger partial charge on any atom is 0.188 e. The smallest absolute Gasteiger partial charge is 0.188 e. The Kier molecular flexibility index (Phi) is 4.77. The predicted octanol–water partition coefficient (Wildman–Crippen LogP) is 2.84. The molecule has 2 aromatic rings. The molecule has 116 valence electrons. The summed E-state index contributed by atoms with van der Waals surface area (Å²) in [6, 6.07) is 8.02. The molecule has 1 saturated carbocycles. The monoisotopic (exact) mass is 361 g/mol. The number of aliphatic imine (C=N–C) groups is 1. The van der Waals surface area contributed by atoms with Gasteiger partial charge in [0.2, 0.25) is 0 Å². The molecule has 1 aromatic heterocycles. The molecule has 1 aliphatic rings. The van der Waals surface area contributed by atoms with Crippen molar-refractivity contribution in [1.82, 2.24) is 15.1 Å². The fraction of sp³-hybridized carbons (Fsp3) is 0.375. The van der Waals surface area contributed by atoms with E-state index in [1.54, 1.807) is 0 Å². The van der Waals surface area contributed by atoms with Crippen LogP contribution in [0, 0.1) is 5.92 Å². The van der Waals surface area contributed by atoms with Gasteiger partial charge in [-0.3, -0.25) is 0 Å². The quantitative estimate of drug-likeness (QED) is 0.635. The van der Waals surface area contributed by atoms with Crippen LogP contribution in [0.15, 0.2) is 46.1 Å². The van der Waals surface area contributed by atoms with Gasteiger partial charge in [0.1, 0.15) is 0 Å². The fourth-order valence-corrected chi connectivity index (χ4v) is 2.62. The molecule has 0 bridgehead atoms. The molecule has 0 aliphatic heterocycles. The first-order valence-electron chi connectivity index (χ1n) is 7.54. The lowest BCUT2D eigenvalue weighted by atomic mass is 9.85. The van der Waals surface area contributed by atoms with Crippen LogP contribution in [0.5, 0.6) is 0 Å². The van der Waals surface area contributed by atoms with Gasteiger partial charge in [-0.15, -0.1) is 0 Å². The van der Waals surface area contributed by atoms with Crippen molar-refractivity contribution in [2.24, 2.45) is 16.6 Å². The van der Waals surface area contributed by atoms with Gasteiger partial charge in [0.25, 0.3) is 0 Å². The van der Waals surface area contributed by atoms with E-state index in [9.17, 15) is 0 Å². The average molecular weight is 362 g/mol. The van der Waals surface area contributed by atoms with E-state index < -0.39 is 0 Å². The third-order valence-electron chi connectivity index (χ3n) is 3.96. The summed E-state index contributed by atoms with van der Waals surface area (Å²) in [5.41, 5.74) is 7.95. The van der Waals surface area contributed by atoms with Gasteiger partial charge in [0.15, 0.2) is 5.96 Å². The normalized spacial score (nSPS) is 15.6. The minimum Gasteiger partial charge on any atom is -0.370 e. The number of nitrogens with zero attached hydrogens (tertiary/aromatic N) is 3. The van der Waals surface area contributed by atoms with Gasteiger partial charge in [0.05, 0.1) is 18.4 Å². The van der Waals surface area contributed by atoms with Gasteiger partial charge in [0, 0.05) is 22.8 Å². The summed E-state index contributed by atoms with van der Waals surface area (Å²) in [5.74, 6) is 1.29. The third-order valence-corrected chi connectivity index (χ3v) is 4.48. The molecule has 1 aromatic carbocycles. The van der Waals surface area contributed by atoms with Crippen molar-refractivity contribution in [3.05, 3.63) is 46.7 Å². The maximum atomic E-state index is 5.89. The summed E-state index contributed by atoms with van der Waals surface area (Å²) in [7, 11) is 0. The minimum atomic E-state index is 0.517. The molecule has 3 rings (SSSR count). The lowest BCUT2D eigenvalue weighted by Gasteiger charge is -2.25. The van der Waals surface area contributed by atoms with Crippen molar-refractivity contribution in [2.75, 3.05) is 6.54 Å². The number of aromatic nitrogens is 2. The largest absolute Gasteiger partial charge is 0.370 e. The number of halogens is 1. The first kappa shape index (κ1) is 15.1. The molecule has 1 aliphatic carbocycles. The molecule has 1 fully saturated rings. The molecule has 0 saturated heterocycles. The topological polar surface area (TPSA) is 68.2 Å². The molecule has 3 N–H and O–H groups in total. The lowest BCUT2D eigenvalue weighted by molar-refractivity contribution is 0.315. The average Bonchev–Trinajstić information content (AvgIpc) is 2.93. The highest BCUT2D eigenvalue weighted by molar-refractivity contribution is 9.10.